The molecule has 126 valence electrons. The quantitative estimate of drug-likeness (QED) is 0.792. The van der Waals surface area contributed by atoms with Crippen molar-refractivity contribution in [1.29, 1.82) is 0 Å². The molecule has 0 saturated heterocycles. The summed E-state index contributed by atoms with van der Waals surface area (Å²) in [5.41, 5.74) is 3.61. The number of hydrogen-bond acceptors (Lipinski definition) is 4. The summed E-state index contributed by atoms with van der Waals surface area (Å²) in [6.07, 6.45) is 0.688. The van der Waals surface area contributed by atoms with E-state index in [-0.39, 0.29) is 12.0 Å². The number of para-hydroxylation sites is 1. The average molecular weight is 325 g/mol. The van der Waals surface area contributed by atoms with Crippen molar-refractivity contribution in [3.63, 3.8) is 0 Å². The topological polar surface area (TPSA) is 38.8 Å². The predicted octanol–water partition coefficient (Wildman–Crippen LogP) is 2.97. The summed E-state index contributed by atoms with van der Waals surface area (Å²) < 4.78 is 10.9. The van der Waals surface area contributed by atoms with Crippen LogP contribution in [0.5, 0.6) is 5.75 Å². The van der Waals surface area contributed by atoms with Crippen molar-refractivity contribution >= 4 is 5.97 Å². The summed E-state index contributed by atoms with van der Waals surface area (Å²) in [6.45, 7) is 4.00. The monoisotopic (exact) mass is 325 g/mol. The van der Waals surface area contributed by atoms with Gasteiger partial charge in [-0.1, -0.05) is 42.5 Å². The molecule has 0 saturated carbocycles. The molecular weight excluding hydrogens is 302 g/mol. The van der Waals surface area contributed by atoms with E-state index in [4.69, 9.17) is 9.47 Å². The van der Waals surface area contributed by atoms with Gasteiger partial charge in [0.1, 0.15) is 18.4 Å². The molecule has 0 aromatic heterocycles. The molecule has 24 heavy (non-hydrogen) atoms. The highest BCUT2D eigenvalue weighted by Gasteiger charge is 2.31. The molecule has 1 aliphatic rings. The first-order chi connectivity index (χ1) is 11.7. The van der Waals surface area contributed by atoms with Crippen molar-refractivity contribution in [2.75, 3.05) is 20.3 Å². The third-order valence-corrected chi connectivity index (χ3v) is 4.55. The maximum Gasteiger partial charge on any atom is 0.323 e. The number of carbonyl (C=O) groups excluding carboxylic acids is 1. The number of aryl methyl sites for hydroxylation is 1. The third kappa shape index (κ3) is 3.60. The van der Waals surface area contributed by atoms with Gasteiger partial charge in [0, 0.05) is 13.1 Å². The number of hydrogen-bond donors (Lipinski definition) is 0. The molecule has 0 aliphatic carbocycles. The van der Waals surface area contributed by atoms with Gasteiger partial charge >= 0.3 is 5.97 Å². The molecule has 1 heterocycles. The fourth-order valence-electron chi connectivity index (χ4n) is 3.17. The Bertz CT molecular complexity index is 714. The van der Waals surface area contributed by atoms with Gasteiger partial charge in [-0.05, 0) is 36.1 Å². The molecule has 2 aromatic rings. The van der Waals surface area contributed by atoms with Crippen LogP contribution in [0.1, 0.15) is 16.7 Å². The minimum atomic E-state index is -0.245. The smallest absolute Gasteiger partial charge is 0.323 e. The van der Waals surface area contributed by atoms with Crippen molar-refractivity contribution in [2.45, 2.75) is 25.9 Å². The minimum absolute atomic E-state index is 0.180. The van der Waals surface area contributed by atoms with Crippen molar-refractivity contribution in [2.24, 2.45) is 0 Å². The van der Waals surface area contributed by atoms with Crippen LogP contribution in [0, 0.1) is 6.92 Å². The molecule has 0 radical (unpaired) electrons. The van der Waals surface area contributed by atoms with E-state index in [1.165, 1.54) is 18.2 Å². The van der Waals surface area contributed by atoms with E-state index in [0.717, 1.165) is 17.9 Å². The van der Waals surface area contributed by atoms with Crippen molar-refractivity contribution in [3.8, 4) is 5.75 Å². The lowest BCUT2D eigenvalue weighted by atomic mass is 9.94. The van der Waals surface area contributed by atoms with Gasteiger partial charge in [-0.25, -0.2) is 0 Å². The number of carbonyl (C=O) groups is 1. The molecule has 1 unspecified atom stereocenters. The Morgan fingerprint density at radius 2 is 1.83 bits per heavy atom. The van der Waals surface area contributed by atoms with Gasteiger partial charge < -0.3 is 9.47 Å². The lowest BCUT2D eigenvalue weighted by Crippen LogP contribution is -2.47. The Balaban J connectivity index is 1.68. The molecule has 0 bridgehead atoms. The van der Waals surface area contributed by atoms with Crippen molar-refractivity contribution in [3.05, 3.63) is 65.2 Å². The Kier molecular flexibility index (Phi) is 5.16. The minimum Gasteiger partial charge on any atom is -0.492 e. The third-order valence-electron chi connectivity index (χ3n) is 4.55. The van der Waals surface area contributed by atoms with Gasteiger partial charge in [0.25, 0.3) is 0 Å². The molecule has 0 amide bonds. The van der Waals surface area contributed by atoms with Crippen LogP contribution >= 0.6 is 0 Å². The largest absolute Gasteiger partial charge is 0.492 e. The van der Waals surface area contributed by atoms with E-state index < -0.39 is 0 Å². The summed E-state index contributed by atoms with van der Waals surface area (Å²) in [7, 11) is 1.45. The summed E-state index contributed by atoms with van der Waals surface area (Å²) in [5, 5.41) is 0. The maximum atomic E-state index is 12.2. The summed E-state index contributed by atoms with van der Waals surface area (Å²) >= 11 is 0. The van der Waals surface area contributed by atoms with Gasteiger partial charge in [-0.3, -0.25) is 9.69 Å². The van der Waals surface area contributed by atoms with Gasteiger partial charge in [-0.2, -0.15) is 0 Å². The number of esters is 1. The van der Waals surface area contributed by atoms with Crippen molar-refractivity contribution < 1.29 is 14.3 Å². The van der Waals surface area contributed by atoms with Gasteiger partial charge in [0.15, 0.2) is 0 Å². The zero-order valence-corrected chi connectivity index (χ0v) is 14.2. The van der Waals surface area contributed by atoms with Crippen LogP contribution in [-0.2, 0) is 22.5 Å². The van der Waals surface area contributed by atoms with E-state index in [2.05, 4.69) is 17.0 Å². The first-order valence-corrected chi connectivity index (χ1v) is 8.26. The Morgan fingerprint density at radius 3 is 2.58 bits per heavy atom. The molecule has 3 rings (SSSR count). The molecule has 0 fully saturated rings. The molecule has 4 heteroatoms. The van der Waals surface area contributed by atoms with Crippen LogP contribution < -0.4 is 4.74 Å². The highest BCUT2D eigenvalue weighted by atomic mass is 16.5. The summed E-state index contributed by atoms with van der Waals surface area (Å²) in [5.74, 6) is 0.713. The van der Waals surface area contributed by atoms with Gasteiger partial charge in [0.2, 0.25) is 0 Å². The van der Waals surface area contributed by atoms with E-state index in [0.29, 0.717) is 19.6 Å². The van der Waals surface area contributed by atoms with E-state index >= 15 is 0 Å². The number of nitrogens with zero attached hydrogens (tertiary/aromatic N) is 1. The van der Waals surface area contributed by atoms with Crippen LogP contribution in [0.25, 0.3) is 0 Å². The molecule has 4 nitrogen and oxygen atoms in total. The lowest BCUT2D eigenvalue weighted by molar-refractivity contribution is -0.147. The first kappa shape index (κ1) is 16.5. The SMILES string of the molecule is COC(=O)C1Cc2ccccc2CN1CCOc1ccccc1C. The molecule has 0 spiro atoms. The number of fused-ring (bicyclic) bond motifs is 1. The zero-order valence-electron chi connectivity index (χ0n) is 14.2. The number of ether oxygens (including phenoxy) is 2. The summed E-state index contributed by atoms with van der Waals surface area (Å²) in [6, 6.07) is 16.0. The normalized spacial score (nSPS) is 17.2. The Labute approximate surface area is 143 Å². The number of benzene rings is 2. The van der Waals surface area contributed by atoms with Gasteiger partial charge in [0.05, 0.1) is 7.11 Å². The molecule has 0 N–H and O–H groups in total. The number of methoxy groups -OCH3 is 1. The maximum absolute atomic E-state index is 12.2. The first-order valence-electron chi connectivity index (χ1n) is 8.26. The lowest BCUT2D eigenvalue weighted by Gasteiger charge is -2.35. The highest BCUT2D eigenvalue weighted by Crippen LogP contribution is 2.24. The molecule has 2 aromatic carbocycles. The average Bonchev–Trinajstić information content (AvgIpc) is 2.62. The zero-order chi connectivity index (χ0) is 16.9. The fourth-order valence-corrected chi connectivity index (χ4v) is 3.17. The molecular formula is C20H23NO3. The molecule has 1 atom stereocenters. The second-order valence-corrected chi connectivity index (χ2v) is 6.10. The molecule has 1 aliphatic heterocycles. The van der Waals surface area contributed by atoms with Gasteiger partial charge in [-0.15, -0.1) is 0 Å². The Hall–Kier alpha value is -2.33. The summed E-state index contributed by atoms with van der Waals surface area (Å²) in [4.78, 5) is 14.3. The predicted molar refractivity (Wildman–Crippen MR) is 93.0 cm³/mol. The standard InChI is InChI=1S/C20H23NO3/c1-15-7-3-6-10-19(15)24-12-11-21-14-17-9-5-4-8-16(17)13-18(21)20(22)23-2/h3-10,18H,11-14H2,1-2H3. The van der Waals surface area contributed by atoms with Crippen LogP contribution in [0.15, 0.2) is 48.5 Å². The highest BCUT2D eigenvalue weighted by molar-refractivity contribution is 5.76. The second-order valence-electron chi connectivity index (χ2n) is 6.10. The van der Waals surface area contributed by atoms with E-state index in [1.54, 1.807) is 0 Å². The number of rotatable bonds is 5. The van der Waals surface area contributed by atoms with Crippen LogP contribution in [0.2, 0.25) is 0 Å². The van der Waals surface area contributed by atoms with Crippen LogP contribution in [-0.4, -0.2) is 37.2 Å². The fraction of sp³-hybridized carbons (Fsp3) is 0.350. The van der Waals surface area contributed by atoms with E-state index in [1.807, 2.05) is 43.3 Å². The van der Waals surface area contributed by atoms with Crippen LogP contribution in [0.4, 0.5) is 0 Å². The van der Waals surface area contributed by atoms with Crippen LogP contribution in [0.3, 0.4) is 0 Å². The second kappa shape index (κ2) is 7.49. The van der Waals surface area contributed by atoms with E-state index in [9.17, 15) is 4.79 Å². The van der Waals surface area contributed by atoms with Crippen molar-refractivity contribution in [1.82, 2.24) is 4.90 Å². The Morgan fingerprint density at radius 1 is 1.12 bits per heavy atom.